The Bertz CT molecular complexity index is 504. The Balaban J connectivity index is 3.16. The Morgan fingerprint density at radius 2 is 1.95 bits per heavy atom. The molecule has 0 bridgehead atoms. The number of carboxylic acids is 1. The third-order valence-corrected chi connectivity index (χ3v) is 2.84. The molecule has 0 heterocycles. The van der Waals surface area contributed by atoms with Crippen molar-refractivity contribution in [1.29, 1.82) is 0 Å². The number of carboxylic acid groups (broad SMARTS) is 1. The molecule has 1 atom stereocenters. The van der Waals surface area contributed by atoms with E-state index in [1.165, 1.54) is 18.2 Å². The molecule has 0 spiro atoms. The van der Waals surface area contributed by atoms with Crippen LogP contribution >= 0.6 is 15.9 Å². The van der Waals surface area contributed by atoms with E-state index >= 15 is 0 Å². The average molecular weight is 340 g/mol. The molecule has 1 aromatic rings. The molecule has 0 aromatic heterocycles. The van der Waals surface area contributed by atoms with Gasteiger partial charge in [0, 0.05) is 11.5 Å². The fourth-order valence-electron chi connectivity index (χ4n) is 1.53. The fourth-order valence-corrected chi connectivity index (χ4v) is 1.94. The molecule has 1 amide bonds. The van der Waals surface area contributed by atoms with Crippen LogP contribution in [-0.4, -0.2) is 35.1 Å². The van der Waals surface area contributed by atoms with E-state index in [9.17, 15) is 22.8 Å². The Morgan fingerprint density at radius 3 is 2.37 bits per heavy atom. The minimum absolute atomic E-state index is 0.0713. The summed E-state index contributed by atoms with van der Waals surface area (Å²) in [7, 11) is 0.801. The summed E-state index contributed by atoms with van der Waals surface area (Å²) in [5.74, 6) is -3.75. The Morgan fingerprint density at radius 1 is 1.37 bits per heavy atom. The number of hydrogen-bond acceptors (Lipinski definition) is 2. The van der Waals surface area contributed by atoms with E-state index in [1.807, 2.05) is 0 Å². The van der Waals surface area contributed by atoms with Crippen LogP contribution < -0.4 is 0 Å². The molecule has 0 fully saturated rings. The lowest BCUT2D eigenvalue weighted by molar-refractivity contribution is -0.188. The van der Waals surface area contributed by atoms with Crippen molar-refractivity contribution in [1.82, 2.24) is 4.90 Å². The lowest BCUT2D eigenvalue weighted by Crippen LogP contribution is -2.43. The van der Waals surface area contributed by atoms with Crippen LogP contribution in [0.25, 0.3) is 0 Å². The number of hydrogen-bond donors (Lipinski definition) is 1. The van der Waals surface area contributed by atoms with Crippen LogP contribution in [-0.2, 0) is 9.59 Å². The van der Waals surface area contributed by atoms with Crippen molar-refractivity contribution in [2.75, 3.05) is 7.05 Å². The van der Waals surface area contributed by atoms with Gasteiger partial charge in [0.25, 0.3) is 0 Å². The topological polar surface area (TPSA) is 57.6 Å². The highest BCUT2D eigenvalue weighted by Gasteiger charge is 2.45. The lowest BCUT2D eigenvalue weighted by atomic mass is 10.1. The van der Waals surface area contributed by atoms with E-state index in [-0.39, 0.29) is 10.5 Å². The van der Waals surface area contributed by atoms with Crippen LogP contribution in [0.2, 0.25) is 0 Å². The van der Waals surface area contributed by atoms with Crippen molar-refractivity contribution < 1.29 is 27.9 Å². The summed E-state index contributed by atoms with van der Waals surface area (Å²) in [6.07, 6.45) is -5.12. The first-order chi connectivity index (χ1) is 8.64. The number of likely N-dealkylation sites (N-methyl/N-ethyl adjacent to an activating group) is 1. The number of benzene rings is 1. The highest BCUT2D eigenvalue weighted by atomic mass is 79.9. The van der Waals surface area contributed by atoms with Crippen LogP contribution in [0, 0.1) is 0 Å². The molecule has 8 heteroatoms. The normalized spacial score (nSPS) is 12.9. The quantitative estimate of drug-likeness (QED) is 0.920. The molecule has 0 aliphatic rings. The summed E-state index contributed by atoms with van der Waals surface area (Å²) in [6, 6.07) is 4.05. The molecule has 19 heavy (non-hydrogen) atoms. The third kappa shape index (κ3) is 3.69. The summed E-state index contributed by atoms with van der Waals surface area (Å²) in [6.45, 7) is 0. The van der Waals surface area contributed by atoms with Gasteiger partial charge in [-0.25, -0.2) is 4.79 Å². The van der Waals surface area contributed by atoms with Gasteiger partial charge >= 0.3 is 18.1 Å². The highest BCUT2D eigenvalue weighted by molar-refractivity contribution is 9.10. The molecule has 0 saturated carbocycles. The second kappa shape index (κ2) is 5.60. The van der Waals surface area contributed by atoms with Gasteiger partial charge in [0.2, 0.25) is 0 Å². The van der Waals surface area contributed by atoms with Gasteiger partial charge in [0.05, 0.1) is 0 Å². The van der Waals surface area contributed by atoms with E-state index in [0.717, 1.165) is 7.05 Å². The zero-order valence-corrected chi connectivity index (χ0v) is 11.2. The summed E-state index contributed by atoms with van der Waals surface area (Å²) < 4.78 is 37.5. The van der Waals surface area contributed by atoms with Crippen LogP contribution in [0.15, 0.2) is 28.7 Å². The summed E-state index contributed by atoms with van der Waals surface area (Å²) in [5.41, 5.74) is 0.0713. The predicted molar refractivity (Wildman–Crippen MR) is 63.3 cm³/mol. The summed E-state index contributed by atoms with van der Waals surface area (Å²) >= 11 is 3.09. The SMILES string of the molecule is CN(C(=O)C(F)(F)F)C(C(=O)O)c1cccc(Br)c1. The second-order valence-electron chi connectivity index (χ2n) is 3.71. The van der Waals surface area contributed by atoms with Crippen LogP contribution in [0.4, 0.5) is 13.2 Å². The molecule has 1 aromatic carbocycles. The van der Waals surface area contributed by atoms with Crippen LogP contribution in [0.5, 0.6) is 0 Å². The molecular formula is C11H9BrF3NO3. The maximum absolute atomic E-state index is 12.3. The van der Waals surface area contributed by atoms with Gasteiger partial charge < -0.3 is 10.0 Å². The maximum atomic E-state index is 12.3. The number of carbonyl (C=O) groups excluding carboxylic acids is 1. The number of nitrogens with zero attached hydrogens (tertiary/aromatic N) is 1. The predicted octanol–water partition coefficient (Wildman–Crippen LogP) is 2.60. The van der Waals surface area contributed by atoms with Crippen LogP contribution in [0.1, 0.15) is 11.6 Å². The molecule has 0 aliphatic heterocycles. The van der Waals surface area contributed by atoms with Gasteiger partial charge in [-0.3, -0.25) is 4.79 Å². The number of rotatable bonds is 3. The van der Waals surface area contributed by atoms with Gasteiger partial charge in [-0.1, -0.05) is 28.1 Å². The standard InChI is InChI=1S/C11H9BrF3NO3/c1-16(10(19)11(13,14)15)8(9(17)18)6-3-2-4-7(12)5-6/h2-5,8H,1H3,(H,17,18). The number of alkyl halides is 3. The first kappa shape index (κ1) is 15.5. The highest BCUT2D eigenvalue weighted by Crippen LogP contribution is 2.27. The molecule has 1 N–H and O–H groups in total. The maximum Gasteiger partial charge on any atom is 0.471 e. The van der Waals surface area contributed by atoms with E-state index in [2.05, 4.69) is 15.9 Å². The zero-order chi connectivity index (χ0) is 14.8. The molecule has 0 saturated heterocycles. The largest absolute Gasteiger partial charge is 0.479 e. The smallest absolute Gasteiger partial charge is 0.471 e. The Kier molecular flexibility index (Phi) is 4.56. The van der Waals surface area contributed by atoms with E-state index in [1.54, 1.807) is 6.07 Å². The first-order valence-corrected chi connectivity index (χ1v) is 5.76. The van der Waals surface area contributed by atoms with Crippen molar-refractivity contribution in [3.05, 3.63) is 34.3 Å². The van der Waals surface area contributed by atoms with Crippen molar-refractivity contribution in [3.63, 3.8) is 0 Å². The van der Waals surface area contributed by atoms with Gasteiger partial charge in [-0.15, -0.1) is 0 Å². The van der Waals surface area contributed by atoms with Gasteiger partial charge in [0.1, 0.15) is 0 Å². The Labute approximate surface area is 114 Å². The number of carbonyl (C=O) groups is 2. The minimum Gasteiger partial charge on any atom is -0.479 e. The molecule has 1 rings (SSSR count). The molecule has 0 radical (unpaired) electrons. The second-order valence-corrected chi connectivity index (χ2v) is 4.63. The zero-order valence-electron chi connectivity index (χ0n) is 9.61. The summed E-state index contributed by atoms with van der Waals surface area (Å²) in [5, 5.41) is 9.03. The minimum atomic E-state index is -5.12. The van der Waals surface area contributed by atoms with E-state index < -0.39 is 24.1 Å². The third-order valence-electron chi connectivity index (χ3n) is 2.35. The average Bonchev–Trinajstić information content (AvgIpc) is 2.26. The van der Waals surface area contributed by atoms with Gasteiger partial charge in [-0.05, 0) is 17.7 Å². The Hall–Kier alpha value is -1.57. The monoisotopic (exact) mass is 339 g/mol. The lowest BCUT2D eigenvalue weighted by Gasteiger charge is -2.26. The van der Waals surface area contributed by atoms with Crippen molar-refractivity contribution >= 4 is 27.8 Å². The van der Waals surface area contributed by atoms with Crippen molar-refractivity contribution in [2.45, 2.75) is 12.2 Å². The van der Waals surface area contributed by atoms with Crippen molar-refractivity contribution in [3.8, 4) is 0 Å². The van der Waals surface area contributed by atoms with Crippen molar-refractivity contribution in [2.24, 2.45) is 0 Å². The number of amides is 1. The van der Waals surface area contributed by atoms with Crippen LogP contribution in [0.3, 0.4) is 0 Å². The van der Waals surface area contributed by atoms with E-state index in [4.69, 9.17) is 5.11 Å². The van der Waals surface area contributed by atoms with Gasteiger partial charge in [0.15, 0.2) is 6.04 Å². The first-order valence-electron chi connectivity index (χ1n) is 4.97. The molecule has 104 valence electrons. The fraction of sp³-hybridized carbons (Fsp3) is 0.273. The molecule has 1 unspecified atom stereocenters. The number of aliphatic carboxylic acids is 1. The van der Waals surface area contributed by atoms with E-state index in [0.29, 0.717) is 4.47 Å². The molecule has 4 nitrogen and oxygen atoms in total. The number of halogens is 4. The molecule has 0 aliphatic carbocycles. The van der Waals surface area contributed by atoms with Gasteiger partial charge in [-0.2, -0.15) is 13.2 Å². The molecular weight excluding hydrogens is 331 g/mol. The summed E-state index contributed by atoms with van der Waals surface area (Å²) in [4.78, 5) is 22.4.